The highest BCUT2D eigenvalue weighted by Gasteiger charge is 2.06. The number of benzene rings is 2. The largest absolute Gasteiger partial charge is 0.237 e. The quantitative estimate of drug-likeness (QED) is 0.530. The minimum Gasteiger partial charge on any atom is -0.237 e. The van der Waals surface area contributed by atoms with Crippen molar-refractivity contribution >= 4 is 33.0 Å². The van der Waals surface area contributed by atoms with Crippen LogP contribution in [-0.4, -0.2) is 0 Å². The van der Waals surface area contributed by atoms with Gasteiger partial charge in [0.15, 0.2) is 0 Å². The molecule has 0 aliphatic carbocycles. The van der Waals surface area contributed by atoms with Crippen molar-refractivity contribution in [2.45, 2.75) is 9.79 Å². The van der Waals surface area contributed by atoms with Crippen LogP contribution < -0.4 is 0 Å². The van der Waals surface area contributed by atoms with Gasteiger partial charge in [0.25, 0.3) is 0 Å². The topological polar surface area (TPSA) is 8.72 Å². The first-order valence-electron chi connectivity index (χ1n) is 5.12. The summed E-state index contributed by atoms with van der Waals surface area (Å²) in [7, 11) is 3.03. The molecule has 0 aliphatic heterocycles. The number of para-hydroxylation sites is 2. The van der Waals surface area contributed by atoms with E-state index in [1.807, 2.05) is 36.4 Å². The van der Waals surface area contributed by atoms with Crippen LogP contribution in [0.4, 0.5) is 11.4 Å². The van der Waals surface area contributed by atoms with Crippen molar-refractivity contribution in [2.24, 2.45) is 0 Å². The number of hydrogen-bond donors (Lipinski definition) is 0. The van der Waals surface area contributed by atoms with Gasteiger partial charge in [0, 0.05) is 9.79 Å². The van der Waals surface area contributed by atoms with Gasteiger partial charge in [-0.3, -0.25) is 0 Å². The third kappa shape index (κ3) is 2.87. The molecular formula is C14H8N2S2. The zero-order chi connectivity index (χ0) is 12.8. The Morgan fingerprint density at radius 1 is 0.667 bits per heavy atom. The summed E-state index contributed by atoms with van der Waals surface area (Å²) in [6.07, 6.45) is 0. The molecule has 18 heavy (non-hydrogen) atoms. The molecule has 2 aromatic carbocycles. The summed E-state index contributed by atoms with van der Waals surface area (Å²) in [5, 5.41) is 0. The van der Waals surface area contributed by atoms with Crippen LogP contribution in [-0.2, 0) is 0 Å². The van der Waals surface area contributed by atoms with Crippen LogP contribution in [0.5, 0.6) is 0 Å². The second kappa shape index (κ2) is 6.16. The van der Waals surface area contributed by atoms with Crippen molar-refractivity contribution in [1.82, 2.24) is 0 Å². The van der Waals surface area contributed by atoms with Gasteiger partial charge >= 0.3 is 0 Å². The summed E-state index contributed by atoms with van der Waals surface area (Å²) in [6, 6.07) is 15.0. The van der Waals surface area contributed by atoms with Crippen LogP contribution in [0.3, 0.4) is 0 Å². The Morgan fingerprint density at radius 2 is 1.06 bits per heavy atom. The Labute approximate surface area is 114 Å². The van der Waals surface area contributed by atoms with Crippen molar-refractivity contribution in [2.75, 3.05) is 0 Å². The molecule has 0 atom stereocenters. The minimum atomic E-state index is 0.648. The SMILES string of the molecule is [C-]#[N+]c1ccccc1SSc1ccccc1[N+]#[C-]. The molecule has 86 valence electrons. The first kappa shape index (κ1) is 12.6. The lowest BCUT2D eigenvalue weighted by atomic mass is 10.3. The van der Waals surface area contributed by atoms with E-state index in [0.717, 1.165) is 9.79 Å². The predicted molar refractivity (Wildman–Crippen MR) is 77.1 cm³/mol. The molecule has 0 fully saturated rings. The minimum absolute atomic E-state index is 0.648. The average Bonchev–Trinajstić information content (AvgIpc) is 2.45. The maximum absolute atomic E-state index is 7.10. The van der Waals surface area contributed by atoms with E-state index in [9.17, 15) is 0 Å². The van der Waals surface area contributed by atoms with Crippen LogP contribution >= 0.6 is 21.6 Å². The maximum Gasteiger partial charge on any atom is 0.201 e. The Hall–Kier alpha value is -1.88. The summed E-state index contributed by atoms with van der Waals surface area (Å²) in [5.74, 6) is 0. The summed E-state index contributed by atoms with van der Waals surface area (Å²) in [5.41, 5.74) is 1.30. The molecule has 0 aromatic heterocycles. The molecule has 0 radical (unpaired) electrons. The van der Waals surface area contributed by atoms with Gasteiger partial charge in [-0.2, -0.15) is 0 Å². The van der Waals surface area contributed by atoms with Gasteiger partial charge in [0.2, 0.25) is 11.4 Å². The van der Waals surface area contributed by atoms with Gasteiger partial charge in [-0.1, -0.05) is 70.1 Å². The number of hydrogen-bond acceptors (Lipinski definition) is 2. The Kier molecular flexibility index (Phi) is 4.30. The predicted octanol–water partition coefficient (Wildman–Crippen LogP) is 5.59. The van der Waals surface area contributed by atoms with Crippen LogP contribution in [0.25, 0.3) is 9.69 Å². The zero-order valence-electron chi connectivity index (χ0n) is 9.33. The molecule has 0 heterocycles. The van der Waals surface area contributed by atoms with Crippen molar-refractivity contribution in [3.05, 3.63) is 71.4 Å². The maximum atomic E-state index is 7.10. The van der Waals surface area contributed by atoms with Crippen LogP contribution in [0, 0.1) is 13.1 Å². The van der Waals surface area contributed by atoms with Gasteiger partial charge in [0.1, 0.15) is 0 Å². The van der Waals surface area contributed by atoms with Gasteiger partial charge < -0.3 is 0 Å². The highest BCUT2D eigenvalue weighted by atomic mass is 33.1. The molecule has 2 aromatic rings. The molecule has 0 spiro atoms. The third-order valence-electron chi connectivity index (χ3n) is 2.19. The van der Waals surface area contributed by atoms with E-state index in [4.69, 9.17) is 13.1 Å². The fourth-order valence-corrected chi connectivity index (χ4v) is 3.56. The van der Waals surface area contributed by atoms with Crippen LogP contribution in [0.15, 0.2) is 58.3 Å². The normalized spacial score (nSPS) is 9.44. The van der Waals surface area contributed by atoms with E-state index in [1.54, 1.807) is 12.1 Å². The van der Waals surface area contributed by atoms with E-state index in [2.05, 4.69) is 9.69 Å². The first-order chi connectivity index (χ1) is 8.85. The highest BCUT2D eigenvalue weighted by molar-refractivity contribution is 8.76. The summed E-state index contributed by atoms with van der Waals surface area (Å²) < 4.78 is 0. The summed E-state index contributed by atoms with van der Waals surface area (Å²) in [4.78, 5) is 8.82. The molecule has 0 unspecified atom stereocenters. The molecule has 0 aliphatic rings. The van der Waals surface area contributed by atoms with Gasteiger partial charge in [0.05, 0.1) is 13.1 Å². The Bertz CT molecular complexity index is 581. The average molecular weight is 268 g/mol. The van der Waals surface area contributed by atoms with E-state index in [-0.39, 0.29) is 0 Å². The molecule has 0 N–H and O–H groups in total. The second-order valence-electron chi connectivity index (χ2n) is 3.33. The highest BCUT2D eigenvalue weighted by Crippen LogP contribution is 2.44. The lowest BCUT2D eigenvalue weighted by Crippen LogP contribution is -1.71. The van der Waals surface area contributed by atoms with E-state index >= 15 is 0 Å². The molecule has 4 heteroatoms. The zero-order valence-corrected chi connectivity index (χ0v) is 11.0. The van der Waals surface area contributed by atoms with E-state index in [1.165, 1.54) is 21.6 Å². The fraction of sp³-hybridized carbons (Fsp3) is 0. The van der Waals surface area contributed by atoms with Gasteiger partial charge in [-0.15, -0.1) is 0 Å². The standard InChI is InChI=1S/C14H8N2S2/c1-15-11-7-3-5-9-13(11)17-18-14-10-6-4-8-12(14)16-2/h3-10H. The molecular weight excluding hydrogens is 260 g/mol. The van der Waals surface area contributed by atoms with E-state index < -0.39 is 0 Å². The molecule has 2 rings (SSSR count). The molecule has 2 nitrogen and oxygen atoms in total. The summed E-state index contributed by atoms with van der Waals surface area (Å²) >= 11 is 0. The van der Waals surface area contributed by atoms with Crippen LogP contribution in [0.2, 0.25) is 0 Å². The number of rotatable bonds is 3. The molecule has 0 saturated heterocycles. The van der Waals surface area contributed by atoms with Gasteiger partial charge in [-0.25, -0.2) is 9.69 Å². The Morgan fingerprint density at radius 3 is 1.44 bits per heavy atom. The summed E-state index contributed by atoms with van der Waals surface area (Å²) in [6.45, 7) is 14.2. The molecule has 0 bridgehead atoms. The fourth-order valence-electron chi connectivity index (χ4n) is 1.33. The van der Waals surface area contributed by atoms with Crippen molar-refractivity contribution in [1.29, 1.82) is 0 Å². The Balaban J connectivity index is 2.18. The third-order valence-corrected chi connectivity index (χ3v) is 4.65. The second-order valence-corrected chi connectivity index (χ2v) is 5.54. The number of nitrogens with zero attached hydrogens (tertiary/aromatic N) is 2. The lowest BCUT2D eigenvalue weighted by molar-refractivity contribution is 1.49. The smallest absolute Gasteiger partial charge is 0.201 e. The molecule has 0 amide bonds. The van der Waals surface area contributed by atoms with Gasteiger partial charge in [-0.05, 0) is 0 Å². The van der Waals surface area contributed by atoms with Crippen molar-refractivity contribution in [3.63, 3.8) is 0 Å². The first-order valence-corrected chi connectivity index (χ1v) is 7.27. The van der Waals surface area contributed by atoms with Crippen LogP contribution in [0.1, 0.15) is 0 Å². The van der Waals surface area contributed by atoms with E-state index in [0.29, 0.717) is 11.4 Å². The molecule has 0 saturated carbocycles. The lowest BCUT2D eigenvalue weighted by Gasteiger charge is -2.04. The van der Waals surface area contributed by atoms with Crippen molar-refractivity contribution < 1.29 is 0 Å². The van der Waals surface area contributed by atoms with Crippen molar-refractivity contribution in [3.8, 4) is 0 Å². The monoisotopic (exact) mass is 268 g/mol.